The summed E-state index contributed by atoms with van der Waals surface area (Å²) >= 11 is 6.20. The van der Waals surface area contributed by atoms with Crippen LogP contribution in [-0.2, 0) is 0 Å². The lowest BCUT2D eigenvalue weighted by Gasteiger charge is -2.48. The predicted octanol–water partition coefficient (Wildman–Crippen LogP) is 1.29. The minimum atomic E-state index is 0.364. The van der Waals surface area contributed by atoms with E-state index >= 15 is 0 Å². The van der Waals surface area contributed by atoms with Gasteiger partial charge in [0.2, 0.25) is 0 Å². The van der Waals surface area contributed by atoms with Gasteiger partial charge in [-0.2, -0.15) is 0 Å². The Morgan fingerprint density at radius 3 is 3.28 bits per heavy atom. The lowest BCUT2D eigenvalue weighted by Crippen LogP contribution is -2.56. The number of hydrogen-bond donors (Lipinski definition) is 2. The van der Waals surface area contributed by atoms with E-state index in [-0.39, 0.29) is 0 Å². The van der Waals surface area contributed by atoms with Crippen LogP contribution in [0.4, 0.5) is 5.82 Å². The molecule has 3 heterocycles. The van der Waals surface area contributed by atoms with E-state index in [0.717, 1.165) is 12.5 Å². The van der Waals surface area contributed by atoms with Crippen LogP contribution in [0.3, 0.4) is 0 Å². The number of nitrogens with one attached hydrogen (secondary N) is 2. The van der Waals surface area contributed by atoms with Crippen LogP contribution in [0.15, 0.2) is 12.5 Å². The lowest BCUT2D eigenvalue weighted by atomic mass is 9.74. The molecule has 2 N–H and O–H groups in total. The number of imidazole rings is 1. The largest absolute Gasteiger partial charge is 0.313 e. The van der Waals surface area contributed by atoms with Gasteiger partial charge in [0.1, 0.15) is 12.0 Å². The van der Waals surface area contributed by atoms with Gasteiger partial charge < -0.3 is 4.57 Å². The molecule has 0 bridgehead atoms. The molecule has 1 aromatic rings. The Morgan fingerprint density at radius 1 is 1.44 bits per heavy atom. The van der Waals surface area contributed by atoms with E-state index in [1.54, 1.807) is 0 Å². The molecule has 1 saturated carbocycles. The van der Waals surface area contributed by atoms with Crippen molar-refractivity contribution < 1.29 is 0 Å². The maximum Gasteiger partial charge on any atom is 0.144 e. The van der Waals surface area contributed by atoms with Crippen molar-refractivity contribution >= 4 is 17.4 Å². The summed E-state index contributed by atoms with van der Waals surface area (Å²) in [5.74, 6) is 3.12. The van der Waals surface area contributed by atoms with Crippen LogP contribution in [0.1, 0.15) is 25.3 Å². The molecule has 1 saturated heterocycles. The summed E-state index contributed by atoms with van der Waals surface area (Å²) in [6.45, 7) is 0.827. The quantitative estimate of drug-likeness (QED) is 0.753. The molecule has 0 aromatic carbocycles. The van der Waals surface area contributed by atoms with Crippen LogP contribution in [0.2, 0.25) is 0 Å². The average Bonchev–Trinajstić information content (AvgIpc) is 3.06. The van der Waals surface area contributed by atoms with Gasteiger partial charge in [-0.1, -0.05) is 6.42 Å². The minimum absolute atomic E-state index is 0.364. The number of fused-ring (bicyclic) bond motifs is 6. The van der Waals surface area contributed by atoms with Gasteiger partial charge in [-0.05, 0) is 18.8 Å². The number of nitrogens with zero attached hydrogens (tertiary/aromatic N) is 3. The van der Waals surface area contributed by atoms with Crippen molar-refractivity contribution in [3.8, 4) is 0 Å². The average molecular weight is 268 g/mol. The van der Waals surface area contributed by atoms with Gasteiger partial charge in [-0.15, -0.1) is 11.6 Å². The molecule has 0 radical (unpaired) electrons. The van der Waals surface area contributed by atoms with Crippen LogP contribution in [0, 0.1) is 11.8 Å². The Labute approximate surface area is 111 Å². The number of rotatable bonds is 1. The van der Waals surface area contributed by atoms with E-state index < -0.39 is 0 Å². The topological polar surface area (TPSA) is 45.1 Å². The molecule has 4 atom stereocenters. The first-order chi connectivity index (χ1) is 8.90. The van der Waals surface area contributed by atoms with Crippen molar-refractivity contribution in [2.24, 2.45) is 11.8 Å². The van der Waals surface area contributed by atoms with Crippen molar-refractivity contribution in [2.45, 2.75) is 31.5 Å². The van der Waals surface area contributed by atoms with Gasteiger partial charge in [0, 0.05) is 17.8 Å². The Bertz CT molecular complexity index is 447. The van der Waals surface area contributed by atoms with Gasteiger partial charge in [0.15, 0.2) is 0 Å². The van der Waals surface area contributed by atoms with E-state index in [0.29, 0.717) is 24.0 Å². The van der Waals surface area contributed by atoms with E-state index in [1.165, 1.54) is 25.1 Å². The number of hydrogen-bond acceptors (Lipinski definition) is 4. The summed E-state index contributed by atoms with van der Waals surface area (Å²) in [4.78, 5) is 4.33. The normalized spacial score (nSPS) is 38.2. The molecule has 1 aromatic heterocycles. The van der Waals surface area contributed by atoms with Crippen molar-refractivity contribution in [2.75, 3.05) is 17.6 Å². The third-order valence-corrected chi connectivity index (χ3v) is 5.11. The molecule has 2 aliphatic heterocycles. The number of anilines is 1. The standard InChI is InChI=1S/C12H18ClN5/c13-4-8-2-1-3-9-11(8)12-15-6-16-18(12)10-5-14-7-17(9)10/h5,7-9,11-12,15-16H,1-4,6H2. The number of alkyl halides is 1. The summed E-state index contributed by atoms with van der Waals surface area (Å²) in [5, 5.41) is 5.80. The molecule has 3 aliphatic rings. The summed E-state index contributed by atoms with van der Waals surface area (Å²) in [6.07, 6.45) is 8.06. The van der Waals surface area contributed by atoms with E-state index in [4.69, 9.17) is 11.6 Å². The van der Waals surface area contributed by atoms with Crippen LogP contribution in [0.5, 0.6) is 0 Å². The van der Waals surface area contributed by atoms with Crippen molar-refractivity contribution in [3.63, 3.8) is 0 Å². The molecular formula is C12H18ClN5. The van der Waals surface area contributed by atoms with Crippen LogP contribution >= 0.6 is 11.6 Å². The first-order valence-electron chi connectivity index (χ1n) is 6.74. The van der Waals surface area contributed by atoms with Gasteiger partial charge >= 0.3 is 0 Å². The summed E-state index contributed by atoms with van der Waals surface area (Å²) in [6, 6.07) is 0.550. The van der Waals surface area contributed by atoms with Crippen LogP contribution in [-0.4, -0.2) is 28.3 Å². The van der Waals surface area contributed by atoms with Gasteiger partial charge in [-0.25, -0.2) is 10.4 Å². The fraction of sp³-hybridized carbons (Fsp3) is 0.750. The zero-order chi connectivity index (χ0) is 12.1. The van der Waals surface area contributed by atoms with Crippen molar-refractivity contribution in [1.82, 2.24) is 20.3 Å². The van der Waals surface area contributed by atoms with Crippen LogP contribution < -0.4 is 15.8 Å². The Kier molecular flexibility index (Phi) is 2.53. The van der Waals surface area contributed by atoms with E-state index in [1.807, 2.05) is 12.5 Å². The molecule has 0 spiro atoms. The van der Waals surface area contributed by atoms with E-state index in [9.17, 15) is 0 Å². The molecule has 18 heavy (non-hydrogen) atoms. The number of hydrazine groups is 1. The van der Waals surface area contributed by atoms with Gasteiger partial charge in [0.25, 0.3) is 0 Å². The molecule has 2 fully saturated rings. The summed E-state index contributed by atoms with van der Waals surface area (Å²) in [5.41, 5.74) is 3.40. The molecule has 0 amide bonds. The SMILES string of the molecule is ClCC1CCCC2C1C1NCNN1c1cncn12. The summed E-state index contributed by atoms with van der Waals surface area (Å²) in [7, 11) is 0. The highest BCUT2D eigenvalue weighted by Crippen LogP contribution is 2.46. The first kappa shape index (κ1) is 11.1. The third-order valence-electron chi connectivity index (χ3n) is 4.71. The highest BCUT2D eigenvalue weighted by Gasteiger charge is 2.48. The second kappa shape index (κ2) is 4.11. The monoisotopic (exact) mass is 267 g/mol. The molecule has 1 aliphatic carbocycles. The fourth-order valence-electron chi connectivity index (χ4n) is 3.96. The predicted molar refractivity (Wildman–Crippen MR) is 70.2 cm³/mol. The maximum absolute atomic E-state index is 6.20. The number of halogens is 1. The van der Waals surface area contributed by atoms with Crippen molar-refractivity contribution in [1.29, 1.82) is 0 Å². The third kappa shape index (κ3) is 1.38. The smallest absolute Gasteiger partial charge is 0.144 e. The Morgan fingerprint density at radius 2 is 2.39 bits per heavy atom. The second-order valence-electron chi connectivity index (χ2n) is 5.50. The highest BCUT2D eigenvalue weighted by atomic mass is 35.5. The number of aromatic nitrogens is 2. The minimum Gasteiger partial charge on any atom is -0.313 e. The molecule has 4 rings (SSSR count). The molecule has 4 unspecified atom stereocenters. The first-order valence-corrected chi connectivity index (χ1v) is 7.27. The van der Waals surface area contributed by atoms with Crippen molar-refractivity contribution in [3.05, 3.63) is 12.5 Å². The van der Waals surface area contributed by atoms with Gasteiger partial charge in [0.05, 0.1) is 19.2 Å². The highest BCUT2D eigenvalue weighted by molar-refractivity contribution is 6.18. The maximum atomic E-state index is 6.20. The Hall–Kier alpha value is -0.780. The zero-order valence-corrected chi connectivity index (χ0v) is 11.0. The van der Waals surface area contributed by atoms with E-state index in [2.05, 4.69) is 25.3 Å². The second-order valence-corrected chi connectivity index (χ2v) is 5.81. The fourth-order valence-corrected chi connectivity index (χ4v) is 4.32. The summed E-state index contributed by atoms with van der Waals surface area (Å²) < 4.78 is 2.33. The van der Waals surface area contributed by atoms with Gasteiger partial charge in [-0.3, -0.25) is 10.3 Å². The molecule has 5 nitrogen and oxygen atoms in total. The molecule has 98 valence electrons. The molecular weight excluding hydrogens is 250 g/mol. The Balaban J connectivity index is 1.80. The lowest BCUT2D eigenvalue weighted by molar-refractivity contribution is 0.118. The molecule has 6 heteroatoms. The zero-order valence-electron chi connectivity index (χ0n) is 10.2. The van der Waals surface area contributed by atoms with Crippen LogP contribution in [0.25, 0.3) is 0 Å².